The van der Waals surface area contributed by atoms with Gasteiger partial charge in [-0.05, 0) is 56.3 Å². The van der Waals surface area contributed by atoms with E-state index in [2.05, 4.69) is 28.9 Å². The average Bonchev–Trinajstić information content (AvgIpc) is 3.71. The van der Waals surface area contributed by atoms with Crippen LogP contribution in [0.4, 0.5) is 14.8 Å². The van der Waals surface area contributed by atoms with Gasteiger partial charge < -0.3 is 14.2 Å². The highest BCUT2D eigenvalue weighted by atomic mass is 19.1. The van der Waals surface area contributed by atoms with Crippen LogP contribution in [0.3, 0.4) is 0 Å². The number of aromatic nitrogens is 2. The second-order valence-electron chi connectivity index (χ2n) is 10.1. The largest absolute Gasteiger partial charge is 0.493 e. The molecule has 2 atom stereocenters. The SMILES string of the molecule is CC(C)c1noc(N2CCC(C3CC3CCOc3cc(F)c(C(=O)C4CC4)c(F)c3)CC2)n1. The number of carbonyl (C=O) groups is 1. The molecule has 0 N–H and O–H groups in total. The Kier molecular flexibility index (Phi) is 6.10. The minimum absolute atomic E-state index is 0.156. The summed E-state index contributed by atoms with van der Waals surface area (Å²) in [4.78, 5) is 18.7. The van der Waals surface area contributed by atoms with Gasteiger partial charge in [-0.3, -0.25) is 4.79 Å². The van der Waals surface area contributed by atoms with E-state index in [9.17, 15) is 13.6 Å². The van der Waals surface area contributed by atoms with E-state index in [1.165, 1.54) is 6.42 Å². The molecule has 5 rings (SSSR count). The molecule has 33 heavy (non-hydrogen) atoms. The van der Waals surface area contributed by atoms with Crippen LogP contribution in [0, 0.1) is 35.3 Å². The van der Waals surface area contributed by atoms with Crippen LogP contribution in [0.1, 0.15) is 74.5 Å². The summed E-state index contributed by atoms with van der Waals surface area (Å²) in [6.45, 7) is 6.38. The Morgan fingerprint density at radius 1 is 1.18 bits per heavy atom. The molecular formula is C25H31F2N3O3. The molecule has 2 aliphatic carbocycles. The number of hydrogen-bond acceptors (Lipinski definition) is 6. The number of carbonyl (C=O) groups excluding carboxylic acids is 1. The van der Waals surface area contributed by atoms with Gasteiger partial charge >= 0.3 is 6.01 Å². The third-order valence-electron chi connectivity index (χ3n) is 7.31. The Bertz CT molecular complexity index is 989. The molecule has 6 nitrogen and oxygen atoms in total. The van der Waals surface area contributed by atoms with E-state index in [0.717, 1.165) is 50.3 Å². The summed E-state index contributed by atoms with van der Waals surface area (Å²) in [6.07, 6.45) is 5.70. The lowest BCUT2D eigenvalue weighted by molar-refractivity contribution is 0.0959. The lowest BCUT2D eigenvalue weighted by atomic mass is 9.90. The first-order chi connectivity index (χ1) is 15.9. The zero-order valence-corrected chi connectivity index (χ0v) is 19.2. The Labute approximate surface area is 192 Å². The number of piperidine rings is 1. The summed E-state index contributed by atoms with van der Waals surface area (Å²) >= 11 is 0. The molecule has 1 aliphatic heterocycles. The average molecular weight is 460 g/mol. The van der Waals surface area contributed by atoms with E-state index >= 15 is 0 Å². The van der Waals surface area contributed by atoms with Crippen LogP contribution in [-0.4, -0.2) is 35.6 Å². The van der Waals surface area contributed by atoms with Gasteiger partial charge in [-0.2, -0.15) is 4.98 Å². The van der Waals surface area contributed by atoms with Gasteiger partial charge in [0, 0.05) is 37.1 Å². The number of ether oxygens (including phenoxy) is 1. The van der Waals surface area contributed by atoms with E-state index in [-0.39, 0.29) is 17.6 Å². The maximum absolute atomic E-state index is 14.3. The quantitative estimate of drug-likeness (QED) is 0.469. The van der Waals surface area contributed by atoms with Gasteiger partial charge in [-0.1, -0.05) is 19.0 Å². The summed E-state index contributed by atoms with van der Waals surface area (Å²) < 4.78 is 39.6. The van der Waals surface area contributed by atoms with Crippen LogP contribution in [0.5, 0.6) is 5.75 Å². The standard InChI is InChI=1S/C25H31F2N3O3/c1-14(2)24-28-25(33-29-24)30-8-5-15(6-9-30)19-11-17(19)7-10-32-18-12-20(26)22(21(27)13-18)23(31)16-3-4-16/h12-17,19H,3-11H2,1-2H3. The highest BCUT2D eigenvalue weighted by molar-refractivity contribution is 5.99. The van der Waals surface area contributed by atoms with Crippen molar-refractivity contribution in [2.75, 3.05) is 24.6 Å². The monoisotopic (exact) mass is 459 g/mol. The third kappa shape index (κ3) is 4.89. The van der Waals surface area contributed by atoms with Crippen molar-refractivity contribution < 1.29 is 22.8 Å². The molecule has 1 saturated heterocycles. The molecule has 2 saturated carbocycles. The molecule has 0 radical (unpaired) electrons. The summed E-state index contributed by atoms with van der Waals surface area (Å²) in [5.41, 5.74) is -0.417. The van der Waals surface area contributed by atoms with Crippen molar-refractivity contribution >= 4 is 11.8 Å². The first-order valence-corrected chi connectivity index (χ1v) is 12.1. The van der Waals surface area contributed by atoms with Crippen molar-refractivity contribution in [1.82, 2.24) is 10.1 Å². The Balaban J connectivity index is 1.06. The van der Waals surface area contributed by atoms with Crippen LogP contribution in [-0.2, 0) is 0 Å². The van der Waals surface area contributed by atoms with E-state index < -0.39 is 23.0 Å². The van der Waals surface area contributed by atoms with Gasteiger partial charge in [0.25, 0.3) is 0 Å². The summed E-state index contributed by atoms with van der Waals surface area (Å²) in [6, 6.07) is 2.91. The zero-order chi connectivity index (χ0) is 23.1. The van der Waals surface area contributed by atoms with Crippen molar-refractivity contribution in [2.45, 2.75) is 58.3 Å². The molecule has 0 spiro atoms. The van der Waals surface area contributed by atoms with Gasteiger partial charge in [0.1, 0.15) is 17.4 Å². The first-order valence-electron chi connectivity index (χ1n) is 12.1. The number of ketones is 1. The molecule has 1 aromatic heterocycles. The van der Waals surface area contributed by atoms with Crippen molar-refractivity contribution in [2.24, 2.45) is 23.7 Å². The minimum Gasteiger partial charge on any atom is -0.493 e. The molecule has 1 aromatic carbocycles. The van der Waals surface area contributed by atoms with Gasteiger partial charge in [0.05, 0.1) is 12.2 Å². The van der Waals surface area contributed by atoms with Crippen molar-refractivity contribution in [3.05, 3.63) is 35.2 Å². The second kappa shape index (κ2) is 9.03. The molecule has 3 fully saturated rings. The summed E-state index contributed by atoms with van der Waals surface area (Å²) in [5.74, 6) is 0.847. The smallest absolute Gasteiger partial charge is 0.324 e. The molecule has 2 unspecified atom stereocenters. The molecule has 3 aliphatic rings. The fourth-order valence-corrected chi connectivity index (χ4v) is 5.03. The minimum atomic E-state index is -0.820. The first kappa shape index (κ1) is 22.3. The van der Waals surface area contributed by atoms with Crippen LogP contribution in [0.2, 0.25) is 0 Å². The Morgan fingerprint density at radius 2 is 1.88 bits per heavy atom. The van der Waals surface area contributed by atoms with Gasteiger partial charge in [0.2, 0.25) is 0 Å². The molecule has 0 amide bonds. The number of benzene rings is 1. The number of Topliss-reactive ketones (excluding diaryl/α,β-unsaturated/α-hetero) is 1. The molecule has 2 aromatic rings. The topological polar surface area (TPSA) is 68.5 Å². The van der Waals surface area contributed by atoms with E-state index in [4.69, 9.17) is 9.26 Å². The maximum Gasteiger partial charge on any atom is 0.324 e. The number of hydrogen-bond donors (Lipinski definition) is 0. The maximum atomic E-state index is 14.3. The highest BCUT2D eigenvalue weighted by Gasteiger charge is 2.43. The molecule has 178 valence electrons. The van der Waals surface area contributed by atoms with Crippen molar-refractivity contribution in [3.63, 3.8) is 0 Å². The Morgan fingerprint density at radius 3 is 2.48 bits per heavy atom. The van der Waals surface area contributed by atoms with E-state index in [1.54, 1.807) is 0 Å². The van der Waals surface area contributed by atoms with Crippen LogP contribution >= 0.6 is 0 Å². The van der Waals surface area contributed by atoms with Gasteiger partial charge in [-0.25, -0.2) is 8.78 Å². The van der Waals surface area contributed by atoms with Gasteiger partial charge in [-0.15, -0.1) is 0 Å². The molecular weight excluding hydrogens is 428 g/mol. The zero-order valence-electron chi connectivity index (χ0n) is 19.2. The summed E-state index contributed by atoms with van der Waals surface area (Å²) in [7, 11) is 0. The fourth-order valence-electron chi connectivity index (χ4n) is 5.03. The number of anilines is 1. The summed E-state index contributed by atoms with van der Waals surface area (Å²) in [5, 5.41) is 4.06. The number of rotatable bonds is 9. The Hall–Kier alpha value is -2.51. The van der Waals surface area contributed by atoms with Crippen LogP contribution < -0.4 is 9.64 Å². The van der Waals surface area contributed by atoms with E-state index in [1.807, 2.05) is 0 Å². The van der Waals surface area contributed by atoms with Crippen LogP contribution in [0.15, 0.2) is 16.7 Å². The molecule has 0 bridgehead atoms. The van der Waals surface area contributed by atoms with Crippen LogP contribution in [0.25, 0.3) is 0 Å². The fraction of sp³-hybridized carbons (Fsp3) is 0.640. The lowest BCUT2D eigenvalue weighted by Gasteiger charge is -2.30. The lowest BCUT2D eigenvalue weighted by Crippen LogP contribution is -2.34. The predicted molar refractivity (Wildman–Crippen MR) is 118 cm³/mol. The normalized spacial score (nSPS) is 23.2. The third-order valence-corrected chi connectivity index (χ3v) is 7.31. The molecule has 8 heteroatoms. The van der Waals surface area contributed by atoms with Crippen molar-refractivity contribution in [1.29, 1.82) is 0 Å². The highest BCUT2D eigenvalue weighted by Crippen LogP contribution is 2.50. The van der Waals surface area contributed by atoms with Gasteiger partial charge in [0.15, 0.2) is 11.6 Å². The second-order valence-corrected chi connectivity index (χ2v) is 10.1. The van der Waals surface area contributed by atoms with Crippen molar-refractivity contribution in [3.8, 4) is 5.75 Å². The number of nitrogens with zero attached hydrogens (tertiary/aromatic N) is 3. The number of halogens is 2. The molecule has 2 heterocycles. The van der Waals surface area contributed by atoms with E-state index in [0.29, 0.717) is 43.2 Å². The predicted octanol–water partition coefficient (Wildman–Crippen LogP) is 5.39.